The Morgan fingerprint density at radius 2 is 1.94 bits per heavy atom. The number of piperazine rings is 1. The van der Waals surface area contributed by atoms with Gasteiger partial charge in [-0.15, -0.1) is 0 Å². The SMILES string of the molecule is O=C(Nc1cc(Cl)ccc1Cl)N[C@H]1C[C@H]2C(=O)N[C@@H](COCc3ccccc3)C(=O)N2C1. The summed E-state index contributed by atoms with van der Waals surface area (Å²) in [6, 6.07) is 12.1. The maximum Gasteiger partial charge on any atom is 0.319 e. The van der Waals surface area contributed by atoms with Gasteiger partial charge in [0.25, 0.3) is 0 Å². The molecule has 0 unspecified atom stereocenters. The largest absolute Gasteiger partial charge is 0.374 e. The molecule has 10 heteroatoms. The number of hydrogen-bond donors (Lipinski definition) is 3. The lowest BCUT2D eigenvalue weighted by Gasteiger charge is -2.34. The van der Waals surface area contributed by atoms with Crippen LogP contribution in [0.25, 0.3) is 0 Å². The molecule has 4 amide bonds. The molecule has 2 aliphatic heterocycles. The fraction of sp³-hybridized carbons (Fsp3) is 0.318. The number of benzene rings is 2. The summed E-state index contributed by atoms with van der Waals surface area (Å²) in [6.45, 7) is 0.664. The van der Waals surface area contributed by atoms with Gasteiger partial charge in [0, 0.05) is 11.6 Å². The normalized spacial score (nSPS) is 22.3. The van der Waals surface area contributed by atoms with Gasteiger partial charge in [-0.3, -0.25) is 9.59 Å². The molecule has 2 fully saturated rings. The molecule has 3 N–H and O–H groups in total. The second-order valence-corrected chi connectivity index (χ2v) is 8.57. The smallest absolute Gasteiger partial charge is 0.319 e. The first-order valence-corrected chi connectivity index (χ1v) is 10.9. The number of urea groups is 1. The summed E-state index contributed by atoms with van der Waals surface area (Å²) in [5, 5.41) is 8.96. The van der Waals surface area contributed by atoms with Crippen molar-refractivity contribution in [3.8, 4) is 0 Å². The van der Waals surface area contributed by atoms with Gasteiger partial charge >= 0.3 is 6.03 Å². The molecule has 0 radical (unpaired) electrons. The van der Waals surface area contributed by atoms with Crippen LogP contribution in [0.2, 0.25) is 10.0 Å². The molecule has 2 aromatic carbocycles. The van der Waals surface area contributed by atoms with E-state index in [0.717, 1.165) is 5.56 Å². The highest BCUT2D eigenvalue weighted by molar-refractivity contribution is 6.35. The molecule has 2 aromatic rings. The van der Waals surface area contributed by atoms with Crippen LogP contribution in [0.1, 0.15) is 12.0 Å². The topological polar surface area (TPSA) is 99.8 Å². The van der Waals surface area contributed by atoms with E-state index in [1.165, 1.54) is 4.90 Å². The second kappa shape index (κ2) is 9.77. The van der Waals surface area contributed by atoms with Crippen molar-refractivity contribution in [3.63, 3.8) is 0 Å². The summed E-state index contributed by atoms with van der Waals surface area (Å²) in [7, 11) is 0. The van der Waals surface area contributed by atoms with Crippen LogP contribution in [-0.2, 0) is 20.9 Å². The van der Waals surface area contributed by atoms with Gasteiger partial charge in [0.1, 0.15) is 12.1 Å². The molecule has 0 saturated carbocycles. The predicted octanol–water partition coefficient (Wildman–Crippen LogP) is 2.80. The van der Waals surface area contributed by atoms with Gasteiger partial charge in [-0.1, -0.05) is 53.5 Å². The van der Waals surface area contributed by atoms with E-state index in [1.54, 1.807) is 18.2 Å². The van der Waals surface area contributed by atoms with Crippen LogP contribution >= 0.6 is 23.2 Å². The third-order valence-electron chi connectivity index (χ3n) is 5.41. The van der Waals surface area contributed by atoms with E-state index in [2.05, 4.69) is 16.0 Å². The number of carbonyl (C=O) groups excluding carboxylic acids is 3. The molecule has 0 bridgehead atoms. The van der Waals surface area contributed by atoms with E-state index in [9.17, 15) is 14.4 Å². The van der Waals surface area contributed by atoms with E-state index in [1.807, 2.05) is 30.3 Å². The molecular weight excluding hydrogens is 455 g/mol. The quantitative estimate of drug-likeness (QED) is 0.596. The zero-order valence-corrected chi connectivity index (χ0v) is 18.5. The zero-order valence-electron chi connectivity index (χ0n) is 17.0. The van der Waals surface area contributed by atoms with Crippen LogP contribution in [0.15, 0.2) is 48.5 Å². The molecule has 32 heavy (non-hydrogen) atoms. The van der Waals surface area contributed by atoms with Crippen LogP contribution in [0, 0.1) is 0 Å². The molecule has 2 heterocycles. The van der Waals surface area contributed by atoms with E-state index in [0.29, 0.717) is 28.8 Å². The number of nitrogens with zero attached hydrogens (tertiary/aromatic N) is 1. The minimum atomic E-state index is -0.750. The van der Waals surface area contributed by atoms with Gasteiger partial charge in [0.15, 0.2) is 0 Å². The number of carbonyl (C=O) groups is 3. The highest BCUT2D eigenvalue weighted by Gasteiger charge is 2.46. The number of nitrogens with one attached hydrogen (secondary N) is 3. The Morgan fingerprint density at radius 3 is 2.72 bits per heavy atom. The van der Waals surface area contributed by atoms with Crippen molar-refractivity contribution in [1.82, 2.24) is 15.5 Å². The minimum Gasteiger partial charge on any atom is -0.374 e. The fourth-order valence-electron chi connectivity index (χ4n) is 3.88. The summed E-state index contributed by atoms with van der Waals surface area (Å²) >= 11 is 12.0. The Bertz CT molecular complexity index is 1020. The van der Waals surface area contributed by atoms with Gasteiger partial charge < -0.3 is 25.6 Å². The molecule has 2 saturated heterocycles. The molecule has 8 nitrogen and oxygen atoms in total. The third kappa shape index (κ3) is 5.15. The van der Waals surface area contributed by atoms with Crippen LogP contribution < -0.4 is 16.0 Å². The van der Waals surface area contributed by atoms with Crippen molar-refractivity contribution in [3.05, 3.63) is 64.1 Å². The molecule has 4 rings (SSSR count). The lowest BCUT2D eigenvalue weighted by atomic mass is 10.1. The maximum absolute atomic E-state index is 12.9. The molecular formula is C22H22Cl2N4O4. The first kappa shape index (κ1) is 22.4. The average molecular weight is 477 g/mol. The third-order valence-corrected chi connectivity index (χ3v) is 5.97. The van der Waals surface area contributed by atoms with Gasteiger partial charge in [-0.05, 0) is 30.2 Å². The summed E-state index contributed by atoms with van der Waals surface area (Å²) < 4.78 is 5.64. The number of rotatable bonds is 6. The van der Waals surface area contributed by atoms with Gasteiger partial charge in [0.05, 0.1) is 30.0 Å². The van der Waals surface area contributed by atoms with Gasteiger partial charge in [0.2, 0.25) is 11.8 Å². The summed E-state index contributed by atoms with van der Waals surface area (Å²) in [4.78, 5) is 39.3. The molecule has 0 spiro atoms. The predicted molar refractivity (Wildman–Crippen MR) is 121 cm³/mol. The lowest BCUT2D eigenvalue weighted by molar-refractivity contribution is -0.148. The Morgan fingerprint density at radius 1 is 1.16 bits per heavy atom. The molecule has 0 aromatic heterocycles. The minimum absolute atomic E-state index is 0.0779. The van der Waals surface area contributed by atoms with E-state index >= 15 is 0 Å². The molecule has 0 aliphatic carbocycles. The lowest BCUT2D eigenvalue weighted by Crippen LogP contribution is -2.62. The molecule has 3 atom stereocenters. The summed E-state index contributed by atoms with van der Waals surface area (Å²) in [5.74, 6) is -0.467. The van der Waals surface area contributed by atoms with E-state index in [4.69, 9.17) is 27.9 Å². The van der Waals surface area contributed by atoms with Crippen molar-refractivity contribution in [2.75, 3.05) is 18.5 Å². The van der Waals surface area contributed by atoms with Gasteiger partial charge in [-0.2, -0.15) is 0 Å². The van der Waals surface area contributed by atoms with Crippen molar-refractivity contribution in [2.45, 2.75) is 31.2 Å². The molecule has 2 aliphatic rings. The Kier molecular flexibility index (Phi) is 6.83. The number of halogens is 2. The standard InChI is InChI=1S/C22H22Cl2N4O4/c23-14-6-7-16(24)17(8-14)27-22(31)25-15-9-19-20(29)26-18(21(30)28(19)10-15)12-32-11-13-4-2-1-3-5-13/h1-8,15,18-19H,9-12H2,(H,26,29)(H2,25,27,31)/t15-,18-,19-/m0/s1. The molecule has 168 valence electrons. The highest BCUT2D eigenvalue weighted by atomic mass is 35.5. The monoisotopic (exact) mass is 476 g/mol. The van der Waals surface area contributed by atoms with Crippen molar-refractivity contribution >= 4 is 46.7 Å². The van der Waals surface area contributed by atoms with Crippen molar-refractivity contribution in [1.29, 1.82) is 0 Å². The van der Waals surface area contributed by atoms with E-state index in [-0.39, 0.29) is 31.0 Å². The van der Waals surface area contributed by atoms with Crippen LogP contribution in [0.5, 0.6) is 0 Å². The number of anilines is 1. The maximum atomic E-state index is 12.9. The highest BCUT2D eigenvalue weighted by Crippen LogP contribution is 2.26. The fourth-order valence-corrected chi connectivity index (χ4v) is 4.22. The number of ether oxygens (including phenoxy) is 1. The Balaban J connectivity index is 1.31. The number of fused-ring (bicyclic) bond motifs is 1. The van der Waals surface area contributed by atoms with Crippen molar-refractivity contribution < 1.29 is 19.1 Å². The summed E-state index contributed by atoms with van der Waals surface area (Å²) in [5.41, 5.74) is 1.35. The number of amides is 4. The first-order chi connectivity index (χ1) is 15.4. The van der Waals surface area contributed by atoms with Crippen LogP contribution in [0.4, 0.5) is 10.5 Å². The Labute approximate surface area is 195 Å². The Hall–Kier alpha value is -2.81. The van der Waals surface area contributed by atoms with Crippen molar-refractivity contribution in [2.24, 2.45) is 0 Å². The average Bonchev–Trinajstić information content (AvgIpc) is 3.19. The zero-order chi connectivity index (χ0) is 22.7. The number of hydrogen-bond acceptors (Lipinski definition) is 4. The second-order valence-electron chi connectivity index (χ2n) is 7.72. The van der Waals surface area contributed by atoms with E-state index < -0.39 is 18.1 Å². The first-order valence-electron chi connectivity index (χ1n) is 10.2. The van der Waals surface area contributed by atoms with Gasteiger partial charge in [-0.25, -0.2) is 4.79 Å². The summed E-state index contributed by atoms with van der Waals surface area (Å²) in [6.07, 6.45) is 0.325. The van der Waals surface area contributed by atoms with Crippen LogP contribution in [-0.4, -0.2) is 54.0 Å². The van der Waals surface area contributed by atoms with Crippen LogP contribution in [0.3, 0.4) is 0 Å².